The van der Waals surface area contributed by atoms with Crippen molar-refractivity contribution in [1.82, 2.24) is 9.97 Å². The molecule has 0 aliphatic carbocycles. The highest BCUT2D eigenvalue weighted by Gasteiger charge is 2.02. The largest absolute Gasteiger partial charge is 0.236 e. The molecule has 0 bridgehead atoms. The molecule has 0 N–H and O–H groups in total. The molecule has 0 aliphatic heterocycles. The van der Waals surface area contributed by atoms with E-state index in [9.17, 15) is 0 Å². The summed E-state index contributed by atoms with van der Waals surface area (Å²) in [5.74, 6) is 0.505. The van der Waals surface area contributed by atoms with Crippen molar-refractivity contribution >= 4 is 27.0 Å². The molecule has 0 spiro atoms. The fraction of sp³-hybridized carbons (Fsp3) is 0.273. The quantitative estimate of drug-likeness (QED) is 0.774. The van der Waals surface area contributed by atoms with Gasteiger partial charge in [-0.05, 0) is 39.5 Å². The first-order valence-electron chi connectivity index (χ1n) is 4.58. The van der Waals surface area contributed by atoms with E-state index in [1.807, 2.05) is 12.3 Å². The summed E-state index contributed by atoms with van der Waals surface area (Å²) in [7, 11) is 0. The summed E-state index contributed by atoms with van der Waals surface area (Å²) in [6.45, 7) is 4.32. The van der Waals surface area contributed by atoms with E-state index in [4.69, 9.17) is 0 Å². The Labute approximate surface area is 91.5 Å². The second kappa shape index (κ2) is 3.65. The van der Waals surface area contributed by atoms with Crippen LogP contribution in [0.3, 0.4) is 0 Å². The monoisotopic (exact) mass is 250 g/mol. The van der Waals surface area contributed by atoms with Crippen molar-refractivity contribution in [2.75, 3.05) is 0 Å². The zero-order valence-corrected chi connectivity index (χ0v) is 9.75. The van der Waals surface area contributed by atoms with Crippen LogP contribution in [0.4, 0.5) is 0 Å². The van der Waals surface area contributed by atoms with Crippen molar-refractivity contribution < 1.29 is 0 Å². The molecule has 0 radical (unpaired) electrons. The molecule has 0 saturated heterocycles. The van der Waals surface area contributed by atoms with Gasteiger partial charge in [-0.1, -0.05) is 13.8 Å². The maximum Gasteiger partial charge on any atom is 0.159 e. The number of fused-ring (bicyclic) bond motifs is 1. The predicted octanol–water partition coefficient (Wildman–Crippen LogP) is 3.52. The normalized spacial score (nSPS) is 11.1. The standard InChI is InChI=1S/C11H11BrN2/c1-7(2)9-3-8-4-10(12)6-14-11(8)13-5-9/h3-7H,1-2H3. The summed E-state index contributed by atoms with van der Waals surface area (Å²) < 4.78 is 0.993. The highest BCUT2D eigenvalue weighted by molar-refractivity contribution is 9.10. The first-order valence-corrected chi connectivity index (χ1v) is 5.37. The molecule has 0 saturated carbocycles. The molecule has 0 amide bonds. The fourth-order valence-electron chi connectivity index (χ4n) is 1.33. The van der Waals surface area contributed by atoms with E-state index >= 15 is 0 Å². The molecule has 2 rings (SSSR count). The lowest BCUT2D eigenvalue weighted by atomic mass is 10.0. The van der Waals surface area contributed by atoms with E-state index in [1.165, 1.54) is 5.56 Å². The van der Waals surface area contributed by atoms with Gasteiger partial charge < -0.3 is 0 Å². The number of nitrogens with zero attached hydrogens (tertiary/aromatic N) is 2. The van der Waals surface area contributed by atoms with Crippen LogP contribution in [0.5, 0.6) is 0 Å². The molecule has 14 heavy (non-hydrogen) atoms. The van der Waals surface area contributed by atoms with E-state index in [1.54, 1.807) is 6.20 Å². The Kier molecular flexibility index (Phi) is 2.50. The van der Waals surface area contributed by atoms with Crippen LogP contribution in [0.2, 0.25) is 0 Å². The van der Waals surface area contributed by atoms with E-state index in [0.29, 0.717) is 5.92 Å². The van der Waals surface area contributed by atoms with Crippen LogP contribution < -0.4 is 0 Å². The number of pyridine rings is 2. The van der Waals surface area contributed by atoms with Gasteiger partial charge in [-0.15, -0.1) is 0 Å². The highest BCUT2D eigenvalue weighted by Crippen LogP contribution is 2.20. The van der Waals surface area contributed by atoms with Gasteiger partial charge in [0.15, 0.2) is 5.65 Å². The summed E-state index contributed by atoms with van der Waals surface area (Å²) in [6.07, 6.45) is 3.66. The molecule has 0 aliphatic rings. The second-order valence-electron chi connectivity index (χ2n) is 3.62. The Hall–Kier alpha value is -0.960. The molecule has 2 aromatic heterocycles. The van der Waals surface area contributed by atoms with Crippen molar-refractivity contribution in [3.63, 3.8) is 0 Å². The summed E-state index contributed by atoms with van der Waals surface area (Å²) in [4.78, 5) is 8.53. The Morgan fingerprint density at radius 2 is 1.86 bits per heavy atom. The van der Waals surface area contributed by atoms with E-state index < -0.39 is 0 Å². The van der Waals surface area contributed by atoms with Gasteiger partial charge in [-0.3, -0.25) is 0 Å². The van der Waals surface area contributed by atoms with Crippen molar-refractivity contribution in [1.29, 1.82) is 0 Å². The summed E-state index contributed by atoms with van der Waals surface area (Å²) >= 11 is 3.40. The molecule has 0 unspecified atom stereocenters. The zero-order valence-electron chi connectivity index (χ0n) is 8.16. The molecule has 2 heterocycles. The zero-order chi connectivity index (χ0) is 10.1. The topological polar surface area (TPSA) is 25.8 Å². The van der Waals surface area contributed by atoms with Gasteiger partial charge in [0.25, 0.3) is 0 Å². The minimum Gasteiger partial charge on any atom is -0.236 e. The molecule has 72 valence electrons. The smallest absolute Gasteiger partial charge is 0.159 e. The van der Waals surface area contributed by atoms with Crippen LogP contribution in [0, 0.1) is 0 Å². The first kappa shape index (κ1) is 9.59. The molecule has 3 heteroatoms. The van der Waals surface area contributed by atoms with E-state index in [-0.39, 0.29) is 0 Å². The summed E-state index contributed by atoms with van der Waals surface area (Å²) in [5.41, 5.74) is 2.05. The molecule has 0 atom stereocenters. The Bertz CT molecular complexity index is 466. The predicted molar refractivity (Wildman–Crippen MR) is 61.3 cm³/mol. The number of rotatable bonds is 1. The third-order valence-corrected chi connectivity index (χ3v) is 2.62. The number of hydrogen-bond acceptors (Lipinski definition) is 2. The maximum absolute atomic E-state index is 4.31. The van der Waals surface area contributed by atoms with Gasteiger partial charge in [0.05, 0.1) is 0 Å². The van der Waals surface area contributed by atoms with Crippen LogP contribution in [-0.2, 0) is 0 Å². The third-order valence-electron chi connectivity index (χ3n) is 2.19. The van der Waals surface area contributed by atoms with Crippen molar-refractivity contribution in [2.45, 2.75) is 19.8 Å². The molecular formula is C11H11BrN2. The van der Waals surface area contributed by atoms with Gasteiger partial charge >= 0.3 is 0 Å². The van der Waals surface area contributed by atoms with Crippen LogP contribution in [0.15, 0.2) is 29.0 Å². The summed E-state index contributed by atoms with van der Waals surface area (Å²) in [6, 6.07) is 4.19. The SMILES string of the molecule is CC(C)c1cnc2ncc(Br)cc2c1. The Balaban J connectivity index is 2.63. The van der Waals surface area contributed by atoms with Crippen LogP contribution in [-0.4, -0.2) is 9.97 Å². The molecule has 2 aromatic rings. The minimum atomic E-state index is 0.505. The van der Waals surface area contributed by atoms with Crippen LogP contribution in [0.25, 0.3) is 11.0 Å². The van der Waals surface area contributed by atoms with Gasteiger partial charge in [0.2, 0.25) is 0 Å². The van der Waals surface area contributed by atoms with E-state index in [2.05, 4.69) is 45.8 Å². The van der Waals surface area contributed by atoms with Crippen molar-refractivity contribution in [2.24, 2.45) is 0 Å². The molecular weight excluding hydrogens is 240 g/mol. The Morgan fingerprint density at radius 3 is 2.57 bits per heavy atom. The number of aromatic nitrogens is 2. The van der Waals surface area contributed by atoms with Crippen molar-refractivity contribution in [3.8, 4) is 0 Å². The van der Waals surface area contributed by atoms with Crippen LogP contribution in [0.1, 0.15) is 25.3 Å². The minimum absolute atomic E-state index is 0.505. The van der Waals surface area contributed by atoms with E-state index in [0.717, 1.165) is 15.5 Å². The lowest BCUT2D eigenvalue weighted by Gasteiger charge is -2.05. The van der Waals surface area contributed by atoms with Gasteiger partial charge in [0.1, 0.15) is 0 Å². The Morgan fingerprint density at radius 1 is 1.14 bits per heavy atom. The highest BCUT2D eigenvalue weighted by atomic mass is 79.9. The third kappa shape index (κ3) is 1.77. The van der Waals surface area contributed by atoms with Crippen molar-refractivity contribution in [3.05, 3.63) is 34.6 Å². The first-order chi connectivity index (χ1) is 6.66. The molecule has 0 aromatic carbocycles. The lowest BCUT2D eigenvalue weighted by molar-refractivity contribution is 0.861. The number of hydrogen-bond donors (Lipinski definition) is 0. The van der Waals surface area contributed by atoms with Crippen LogP contribution >= 0.6 is 15.9 Å². The maximum atomic E-state index is 4.31. The average molecular weight is 251 g/mol. The summed E-state index contributed by atoms with van der Waals surface area (Å²) in [5, 5.41) is 1.09. The fourth-order valence-corrected chi connectivity index (χ4v) is 1.68. The molecule has 0 fully saturated rings. The lowest BCUT2D eigenvalue weighted by Crippen LogP contribution is -1.91. The average Bonchev–Trinajstić information content (AvgIpc) is 2.16. The van der Waals surface area contributed by atoms with Gasteiger partial charge in [-0.25, -0.2) is 9.97 Å². The molecule has 2 nitrogen and oxygen atoms in total. The van der Waals surface area contributed by atoms with Gasteiger partial charge in [-0.2, -0.15) is 0 Å². The van der Waals surface area contributed by atoms with Gasteiger partial charge in [0, 0.05) is 22.3 Å². The second-order valence-corrected chi connectivity index (χ2v) is 4.54. The number of halogens is 1.